The molecule has 0 spiro atoms. The Morgan fingerprint density at radius 3 is 2.85 bits per heavy atom. The molecule has 2 aliphatic rings. The summed E-state index contributed by atoms with van der Waals surface area (Å²) >= 11 is 0. The highest BCUT2D eigenvalue weighted by molar-refractivity contribution is 5.20. The van der Waals surface area contributed by atoms with Crippen LogP contribution in [0.2, 0.25) is 0 Å². The first-order valence-electron chi connectivity index (χ1n) is 7.83. The molecule has 3 atom stereocenters. The van der Waals surface area contributed by atoms with E-state index in [2.05, 4.69) is 48.8 Å². The van der Waals surface area contributed by atoms with E-state index in [9.17, 15) is 0 Å². The minimum Gasteiger partial charge on any atom is -0.378 e. The molecule has 2 fully saturated rings. The van der Waals surface area contributed by atoms with Crippen LogP contribution >= 0.6 is 0 Å². The van der Waals surface area contributed by atoms with Crippen molar-refractivity contribution in [3.8, 4) is 0 Å². The van der Waals surface area contributed by atoms with Crippen LogP contribution in [0, 0.1) is 5.41 Å². The fourth-order valence-corrected chi connectivity index (χ4v) is 3.88. The molecule has 3 unspecified atom stereocenters. The molecule has 2 heterocycles. The molecule has 1 aliphatic carbocycles. The van der Waals surface area contributed by atoms with Gasteiger partial charge in [-0.1, -0.05) is 20.8 Å². The molecule has 0 aromatic carbocycles. The second-order valence-corrected chi connectivity index (χ2v) is 7.19. The molecule has 1 aromatic heterocycles. The van der Waals surface area contributed by atoms with Gasteiger partial charge in [-0.2, -0.15) is 0 Å². The lowest BCUT2D eigenvalue weighted by Crippen LogP contribution is -2.52. The molecule has 1 saturated heterocycles. The van der Waals surface area contributed by atoms with Gasteiger partial charge in [0.05, 0.1) is 12.4 Å². The molecule has 0 radical (unpaired) electrons. The van der Waals surface area contributed by atoms with Crippen molar-refractivity contribution in [2.75, 3.05) is 19.7 Å². The Morgan fingerprint density at radius 1 is 1.45 bits per heavy atom. The zero-order chi connectivity index (χ0) is 14.4. The molecule has 1 aliphatic heterocycles. The second kappa shape index (κ2) is 4.85. The summed E-state index contributed by atoms with van der Waals surface area (Å²) in [6, 6.07) is 0.508. The lowest BCUT2D eigenvalue weighted by atomic mass is 9.64. The summed E-state index contributed by atoms with van der Waals surface area (Å²) in [6.45, 7) is 12.0. The number of imidazole rings is 1. The van der Waals surface area contributed by atoms with Gasteiger partial charge in [-0.05, 0) is 26.3 Å². The minimum absolute atomic E-state index is 0.188. The Kier molecular flexibility index (Phi) is 3.41. The summed E-state index contributed by atoms with van der Waals surface area (Å²) in [5.74, 6) is 0. The Balaban J connectivity index is 1.85. The van der Waals surface area contributed by atoms with Crippen LogP contribution < -0.4 is 5.32 Å². The normalized spacial score (nSPS) is 36.0. The molecule has 0 amide bonds. The predicted octanol–water partition coefficient (Wildman–Crippen LogP) is 2.51. The van der Waals surface area contributed by atoms with Gasteiger partial charge in [0.25, 0.3) is 0 Å². The SMILES string of the molecule is CCOC1CC(n2cncc2C2(C)CCNC2)C1(C)C. The molecule has 1 saturated carbocycles. The highest BCUT2D eigenvalue weighted by Crippen LogP contribution is 2.52. The molecule has 20 heavy (non-hydrogen) atoms. The molecule has 4 nitrogen and oxygen atoms in total. The van der Waals surface area contributed by atoms with Crippen LogP contribution in [0.25, 0.3) is 0 Å². The van der Waals surface area contributed by atoms with Crippen molar-refractivity contribution >= 4 is 0 Å². The van der Waals surface area contributed by atoms with Crippen molar-refractivity contribution in [3.05, 3.63) is 18.2 Å². The standard InChI is InChI=1S/C16H27N3O/c1-5-20-14-8-12(15(14,2)3)19-11-18-9-13(19)16(4)6-7-17-10-16/h9,11-12,14,17H,5-8,10H2,1-4H3. The van der Waals surface area contributed by atoms with Gasteiger partial charge in [-0.3, -0.25) is 0 Å². The summed E-state index contributed by atoms with van der Waals surface area (Å²) in [7, 11) is 0. The number of nitrogens with zero attached hydrogens (tertiary/aromatic N) is 2. The summed E-state index contributed by atoms with van der Waals surface area (Å²) in [5.41, 5.74) is 1.80. The van der Waals surface area contributed by atoms with E-state index in [-0.39, 0.29) is 10.8 Å². The summed E-state index contributed by atoms with van der Waals surface area (Å²) in [5, 5.41) is 3.49. The smallest absolute Gasteiger partial charge is 0.0951 e. The van der Waals surface area contributed by atoms with Crippen LogP contribution in [-0.2, 0) is 10.2 Å². The van der Waals surface area contributed by atoms with Crippen molar-refractivity contribution in [2.24, 2.45) is 5.41 Å². The minimum atomic E-state index is 0.188. The van der Waals surface area contributed by atoms with E-state index < -0.39 is 0 Å². The molecule has 1 aromatic rings. The van der Waals surface area contributed by atoms with Crippen LogP contribution in [0.5, 0.6) is 0 Å². The molecular weight excluding hydrogens is 250 g/mol. The fourth-order valence-electron chi connectivity index (χ4n) is 3.88. The van der Waals surface area contributed by atoms with Crippen LogP contribution in [0.3, 0.4) is 0 Å². The monoisotopic (exact) mass is 277 g/mol. The van der Waals surface area contributed by atoms with E-state index in [0.29, 0.717) is 12.1 Å². The van der Waals surface area contributed by atoms with E-state index in [1.54, 1.807) is 0 Å². The Morgan fingerprint density at radius 2 is 2.25 bits per heavy atom. The Bertz CT molecular complexity index is 474. The average Bonchev–Trinajstić information content (AvgIpc) is 3.03. The van der Waals surface area contributed by atoms with Crippen LogP contribution in [0.15, 0.2) is 12.5 Å². The zero-order valence-electron chi connectivity index (χ0n) is 13.1. The van der Waals surface area contributed by atoms with Crippen molar-refractivity contribution in [1.29, 1.82) is 0 Å². The third-order valence-corrected chi connectivity index (χ3v) is 5.48. The van der Waals surface area contributed by atoms with E-state index in [1.807, 2.05) is 6.33 Å². The van der Waals surface area contributed by atoms with Gasteiger partial charge >= 0.3 is 0 Å². The first-order valence-corrected chi connectivity index (χ1v) is 7.83. The number of ether oxygens (including phenoxy) is 1. The van der Waals surface area contributed by atoms with Gasteiger partial charge in [-0.15, -0.1) is 0 Å². The van der Waals surface area contributed by atoms with Crippen LogP contribution in [0.1, 0.15) is 52.3 Å². The third kappa shape index (κ3) is 2.01. The topological polar surface area (TPSA) is 39.1 Å². The van der Waals surface area contributed by atoms with Gasteiger partial charge in [-0.25, -0.2) is 4.98 Å². The van der Waals surface area contributed by atoms with Gasteiger partial charge in [0.1, 0.15) is 0 Å². The molecule has 1 N–H and O–H groups in total. The van der Waals surface area contributed by atoms with Crippen LogP contribution in [-0.4, -0.2) is 35.4 Å². The summed E-state index contributed by atoms with van der Waals surface area (Å²) in [4.78, 5) is 4.45. The maximum absolute atomic E-state index is 5.87. The number of aromatic nitrogens is 2. The molecule has 4 heteroatoms. The number of rotatable bonds is 4. The van der Waals surface area contributed by atoms with Gasteiger partial charge in [0.2, 0.25) is 0 Å². The predicted molar refractivity (Wildman–Crippen MR) is 79.9 cm³/mol. The fraction of sp³-hybridized carbons (Fsp3) is 0.812. The highest BCUT2D eigenvalue weighted by atomic mass is 16.5. The molecule has 112 valence electrons. The first-order chi connectivity index (χ1) is 9.49. The van der Waals surface area contributed by atoms with Crippen molar-refractivity contribution < 1.29 is 4.74 Å². The quantitative estimate of drug-likeness (QED) is 0.919. The number of hydrogen-bond donors (Lipinski definition) is 1. The maximum Gasteiger partial charge on any atom is 0.0951 e. The second-order valence-electron chi connectivity index (χ2n) is 7.19. The molecular formula is C16H27N3O. The van der Waals surface area contributed by atoms with Crippen LogP contribution in [0.4, 0.5) is 0 Å². The third-order valence-electron chi connectivity index (χ3n) is 5.48. The van der Waals surface area contributed by atoms with E-state index in [1.165, 1.54) is 12.1 Å². The average molecular weight is 277 g/mol. The summed E-state index contributed by atoms with van der Waals surface area (Å²) in [6.07, 6.45) is 6.76. The van der Waals surface area contributed by atoms with Gasteiger partial charge in [0.15, 0.2) is 0 Å². The molecule has 0 bridgehead atoms. The highest BCUT2D eigenvalue weighted by Gasteiger charge is 2.51. The van der Waals surface area contributed by atoms with Gasteiger partial charge in [0, 0.05) is 41.9 Å². The largest absolute Gasteiger partial charge is 0.378 e. The van der Waals surface area contributed by atoms with Crippen molar-refractivity contribution in [3.63, 3.8) is 0 Å². The lowest BCUT2D eigenvalue weighted by molar-refractivity contribution is -0.128. The Labute approximate surface area is 121 Å². The van der Waals surface area contributed by atoms with E-state index in [4.69, 9.17) is 4.74 Å². The van der Waals surface area contributed by atoms with Gasteiger partial charge < -0.3 is 14.6 Å². The lowest BCUT2D eigenvalue weighted by Gasteiger charge is -2.53. The number of nitrogens with one attached hydrogen (secondary N) is 1. The zero-order valence-corrected chi connectivity index (χ0v) is 13.1. The molecule has 3 rings (SSSR count). The first kappa shape index (κ1) is 14.1. The van der Waals surface area contributed by atoms with E-state index >= 15 is 0 Å². The van der Waals surface area contributed by atoms with Crippen molar-refractivity contribution in [2.45, 2.75) is 58.1 Å². The maximum atomic E-state index is 5.87. The van der Waals surface area contributed by atoms with E-state index in [0.717, 1.165) is 26.1 Å². The Hall–Kier alpha value is -0.870. The summed E-state index contributed by atoms with van der Waals surface area (Å²) < 4.78 is 8.28. The van der Waals surface area contributed by atoms with Crippen molar-refractivity contribution in [1.82, 2.24) is 14.9 Å². The number of hydrogen-bond acceptors (Lipinski definition) is 3.